The first-order valence-corrected chi connectivity index (χ1v) is 15.2. The van der Waals surface area contributed by atoms with Crippen LogP contribution in [0.1, 0.15) is 31.9 Å². The first kappa shape index (κ1) is 29.7. The van der Waals surface area contributed by atoms with Gasteiger partial charge in [0, 0.05) is 0 Å². The monoisotopic (exact) mass is 632 g/mol. The average Bonchev–Trinajstić information content (AvgIpc) is 2.58. The number of hydrogen-bond donors (Lipinski definition) is 0. The zero-order valence-corrected chi connectivity index (χ0v) is 21.8. The maximum absolute atomic E-state index is 13.9. The van der Waals surface area contributed by atoms with Crippen LogP contribution in [0.2, 0.25) is 0 Å². The molecule has 32 heavy (non-hydrogen) atoms. The van der Waals surface area contributed by atoms with Crippen molar-refractivity contribution in [2.75, 3.05) is 0 Å². The molecule has 0 N–H and O–H groups in total. The number of benzene rings is 2. The van der Waals surface area contributed by atoms with Crippen LogP contribution < -0.4 is 4.46 Å². The van der Waals surface area contributed by atoms with Gasteiger partial charge in [0.1, 0.15) is 0 Å². The number of hydrogen-bond acceptors (Lipinski definition) is 1. The van der Waals surface area contributed by atoms with E-state index in [4.69, 9.17) is 18.6 Å². The van der Waals surface area contributed by atoms with Crippen LogP contribution in [-0.2, 0) is 22.4 Å². The first-order chi connectivity index (χ1) is 14.2. The molecule has 1 radical (unpaired) electrons. The van der Waals surface area contributed by atoms with Gasteiger partial charge in [0.25, 0.3) is 0 Å². The van der Waals surface area contributed by atoms with E-state index < -0.39 is 61.1 Å². The standard InChI is InChI=1S/C17H13F9NSSe.2ClH.Ti/c1-17(2,3)9-6-4-5-8(16(9)29)7-27-14-10(18)12(20)15(13(21)11(14)19)28(22,23,24,25)26;;;/h4-7H,1-3H3;2*1H;/q;;;+2/p-2. The average molecular weight is 632 g/mol. The summed E-state index contributed by atoms with van der Waals surface area (Å²) in [5, 5.41) is 0. The van der Waals surface area contributed by atoms with Crippen molar-refractivity contribution in [3.05, 3.63) is 52.6 Å². The second-order valence-electron chi connectivity index (χ2n) is 7.21. The molecule has 15 heteroatoms. The fourth-order valence-electron chi connectivity index (χ4n) is 2.43. The van der Waals surface area contributed by atoms with E-state index in [1.165, 1.54) is 6.07 Å². The third-order valence-corrected chi connectivity index (χ3v) is 5.86. The molecule has 0 aliphatic carbocycles. The van der Waals surface area contributed by atoms with E-state index in [1.807, 2.05) is 20.8 Å². The van der Waals surface area contributed by atoms with Crippen LogP contribution in [0.5, 0.6) is 0 Å². The summed E-state index contributed by atoms with van der Waals surface area (Å²) in [5.74, 6) is -11.9. The number of nitrogens with zero attached hydrogens (tertiary/aromatic N) is 1. The Kier molecular flexibility index (Phi) is 8.68. The molecule has 0 heterocycles. The molecule has 0 aliphatic heterocycles. The molecule has 0 saturated carbocycles. The Morgan fingerprint density at radius 2 is 1.34 bits per heavy atom. The Labute approximate surface area is 203 Å². The van der Waals surface area contributed by atoms with Crippen molar-refractivity contribution < 1.29 is 54.0 Å². The van der Waals surface area contributed by atoms with Gasteiger partial charge in [-0.25, -0.2) is 0 Å². The maximum atomic E-state index is 13.9. The summed E-state index contributed by atoms with van der Waals surface area (Å²) in [7, 11) is -1.26. The molecule has 2 aromatic carbocycles. The second kappa shape index (κ2) is 9.36. The Morgan fingerprint density at radius 3 is 1.72 bits per heavy atom. The molecule has 0 unspecified atom stereocenters. The van der Waals surface area contributed by atoms with Crippen molar-refractivity contribution in [3.8, 4) is 0 Å². The Balaban J connectivity index is 0.00000161. The summed E-state index contributed by atoms with van der Waals surface area (Å²) in [5.41, 5.74) is -1.22. The molecule has 0 fully saturated rings. The summed E-state index contributed by atoms with van der Waals surface area (Å²) in [6.45, 7) is 5.56. The van der Waals surface area contributed by atoms with Gasteiger partial charge in [0.2, 0.25) is 0 Å². The van der Waals surface area contributed by atoms with E-state index in [1.54, 1.807) is 12.1 Å². The van der Waals surface area contributed by atoms with E-state index in [9.17, 15) is 37.0 Å². The van der Waals surface area contributed by atoms with Gasteiger partial charge in [-0.05, 0) is 0 Å². The van der Waals surface area contributed by atoms with Crippen LogP contribution in [0.3, 0.4) is 0 Å². The molecule has 0 saturated heterocycles. The molecule has 1 nitrogen and oxygen atoms in total. The van der Waals surface area contributed by atoms with E-state index in [0.29, 0.717) is 4.46 Å². The van der Waals surface area contributed by atoms with E-state index in [0.717, 1.165) is 11.8 Å². The molecule has 0 aliphatic rings. The molecule has 0 amide bonds. The predicted molar refractivity (Wildman–Crippen MR) is 107 cm³/mol. The SMILES string of the molecule is CC(C)(C)c1cccc(C=Nc2c(F)c(F)c(S(F)(F)(F)(F)F)c(F)c2F)c1[Se].[Cl][Ti][Cl]. The first-order valence-electron chi connectivity index (χ1n) is 8.08. The zero-order valence-electron chi connectivity index (χ0n) is 16.2. The van der Waals surface area contributed by atoms with E-state index >= 15 is 0 Å². The van der Waals surface area contributed by atoms with Crippen molar-refractivity contribution >= 4 is 61.2 Å². The number of rotatable bonds is 3. The van der Waals surface area contributed by atoms with Gasteiger partial charge in [0.05, 0.1) is 0 Å². The molecule has 0 spiro atoms. The van der Waals surface area contributed by atoms with Crippen molar-refractivity contribution in [2.45, 2.75) is 31.1 Å². The molecular formula is C17H13Cl2F9NSSeTi. The van der Waals surface area contributed by atoms with Crippen LogP contribution in [-0.4, -0.2) is 22.2 Å². The molecule has 0 atom stereocenters. The van der Waals surface area contributed by atoms with Gasteiger partial charge in [-0.2, -0.15) is 0 Å². The topological polar surface area (TPSA) is 12.4 Å². The summed E-state index contributed by atoms with van der Waals surface area (Å²) in [4.78, 5) is -0.701. The fraction of sp³-hybridized carbons (Fsp3) is 0.235. The Hall–Kier alpha value is -0.356. The normalized spacial score (nSPS) is 14.4. The second-order valence-corrected chi connectivity index (χ2v) is 13.0. The van der Waals surface area contributed by atoms with Crippen molar-refractivity contribution in [3.63, 3.8) is 0 Å². The molecular weight excluding hydrogens is 619 g/mol. The molecule has 2 aromatic rings. The van der Waals surface area contributed by atoms with Gasteiger partial charge >= 0.3 is 204 Å². The minimum absolute atomic E-state index is 0.203. The molecule has 2 rings (SSSR count). The van der Waals surface area contributed by atoms with Gasteiger partial charge < -0.3 is 0 Å². The summed E-state index contributed by atoms with van der Waals surface area (Å²) in [6.07, 6.45) is 0.751. The Morgan fingerprint density at radius 1 is 0.906 bits per heavy atom. The van der Waals surface area contributed by atoms with Gasteiger partial charge in [-0.3, -0.25) is 0 Å². The van der Waals surface area contributed by atoms with Crippen molar-refractivity contribution in [1.29, 1.82) is 0 Å². The number of halogens is 11. The molecule has 0 bridgehead atoms. The molecule has 179 valence electrons. The van der Waals surface area contributed by atoms with Crippen LogP contribution in [0.25, 0.3) is 0 Å². The minimum atomic E-state index is -11.0. The van der Waals surface area contributed by atoms with E-state index in [-0.39, 0.29) is 11.0 Å². The predicted octanol–water partition coefficient (Wildman–Crippen LogP) is 8.12. The van der Waals surface area contributed by atoms with Crippen LogP contribution in [0.15, 0.2) is 28.1 Å². The summed E-state index contributed by atoms with van der Waals surface area (Å²) in [6, 6.07) is 4.69. The van der Waals surface area contributed by atoms with E-state index in [2.05, 4.69) is 21.0 Å². The summed E-state index contributed by atoms with van der Waals surface area (Å²) < 4.78 is 120. The van der Waals surface area contributed by atoms with Crippen molar-refractivity contribution in [1.82, 2.24) is 0 Å². The van der Waals surface area contributed by atoms with Crippen LogP contribution >= 0.6 is 28.8 Å². The third kappa shape index (κ3) is 7.07. The zero-order chi connectivity index (χ0) is 25.3. The summed E-state index contributed by atoms with van der Waals surface area (Å²) >= 11 is 2.15. The quantitative estimate of drug-likeness (QED) is 0.140. The number of aliphatic imine (C=N–C) groups is 1. The Bertz CT molecular complexity index is 1030. The fourth-order valence-corrected chi connectivity index (χ4v) is 4.33. The van der Waals surface area contributed by atoms with Gasteiger partial charge in [-0.15, -0.1) is 0 Å². The third-order valence-electron chi connectivity index (χ3n) is 3.77. The van der Waals surface area contributed by atoms with Crippen LogP contribution in [0.4, 0.5) is 42.7 Å². The van der Waals surface area contributed by atoms with Crippen LogP contribution in [0, 0.1) is 23.3 Å². The van der Waals surface area contributed by atoms with Crippen molar-refractivity contribution in [2.24, 2.45) is 4.99 Å². The molecule has 0 aromatic heterocycles. The van der Waals surface area contributed by atoms with Gasteiger partial charge in [0.15, 0.2) is 0 Å². The van der Waals surface area contributed by atoms with Gasteiger partial charge in [-0.1, -0.05) is 0 Å².